The highest BCUT2D eigenvalue weighted by Crippen LogP contribution is 2.29. The van der Waals surface area contributed by atoms with Crippen LogP contribution in [0.25, 0.3) is 0 Å². The second-order valence-corrected chi connectivity index (χ2v) is 2.88. The smallest absolute Gasteiger partial charge is 0.315 e. The summed E-state index contributed by atoms with van der Waals surface area (Å²) in [5.74, 6) is 0. The Balaban J connectivity index is 2.72. The number of carbonyl (C=O) groups excluding carboxylic acids is 1. The Hall–Kier alpha value is -1.98. The van der Waals surface area contributed by atoms with E-state index >= 15 is 0 Å². The molecular formula is C10H9F3N2O. The van der Waals surface area contributed by atoms with Crippen molar-refractivity contribution in [1.29, 1.82) is 0 Å². The van der Waals surface area contributed by atoms with Crippen LogP contribution in [0, 0.1) is 0 Å². The first-order chi connectivity index (χ1) is 7.43. The van der Waals surface area contributed by atoms with E-state index in [0.29, 0.717) is 0 Å². The Bertz CT molecular complexity index is 384. The zero-order valence-corrected chi connectivity index (χ0v) is 8.14. The maximum atomic E-state index is 12.2. The number of hydrogen-bond acceptors (Lipinski definition) is 1. The Morgan fingerprint density at radius 3 is 2.25 bits per heavy atom. The third-order valence-corrected chi connectivity index (χ3v) is 1.70. The SMILES string of the molecule is C=CNC(=O)Nc1ccc(C(F)(F)F)cc1. The molecule has 0 fully saturated rings. The van der Waals surface area contributed by atoms with Gasteiger partial charge in [-0.05, 0) is 30.5 Å². The lowest BCUT2D eigenvalue weighted by Crippen LogP contribution is -2.23. The molecular weight excluding hydrogens is 221 g/mol. The van der Waals surface area contributed by atoms with Gasteiger partial charge in [0.05, 0.1) is 5.56 Å². The summed E-state index contributed by atoms with van der Waals surface area (Å²) in [7, 11) is 0. The first-order valence-electron chi connectivity index (χ1n) is 4.29. The van der Waals surface area contributed by atoms with Crippen LogP contribution in [0.4, 0.5) is 23.7 Å². The van der Waals surface area contributed by atoms with Crippen LogP contribution in [0.2, 0.25) is 0 Å². The van der Waals surface area contributed by atoms with Crippen molar-refractivity contribution >= 4 is 11.7 Å². The van der Waals surface area contributed by atoms with E-state index in [0.717, 1.165) is 12.1 Å². The topological polar surface area (TPSA) is 41.1 Å². The molecule has 0 aliphatic heterocycles. The average molecular weight is 230 g/mol. The van der Waals surface area contributed by atoms with Gasteiger partial charge in [-0.2, -0.15) is 13.2 Å². The summed E-state index contributed by atoms with van der Waals surface area (Å²) in [6, 6.07) is 3.57. The van der Waals surface area contributed by atoms with Gasteiger partial charge in [0, 0.05) is 5.69 Å². The summed E-state index contributed by atoms with van der Waals surface area (Å²) < 4.78 is 36.6. The molecule has 3 nitrogen and oxygen atoms in total. The van der Waals surface area contributed by atoms with Crippen molar-refractivity contribution in [2.24, 2.45) is 0 Å². The number of anilines is 1. The number of rotatable bonds is 2. The molecule has 0 heterocycles. The molecule has 0 bridgehead atoms. The Labute approximate surface area is 90.0 Å². The summed E-state index contributed by atoms with van der Waals surface area (Å²) in [5.41, 5.74) is -0.491. The highest BCUT2D eigenvalue weighted by atomic mass is 19.4. The maximum Gasteiger partial charge on any atom is 0.416 e. The normalized spacial score (nSPS) is 10.7. The molecule has 0 saturated carbocycles. The van der Waals surface area contributed by atoms with Crippen molar-refractivity contribution in [3.05, 3.63) is 42.6 Å². The van der Waals surface area contributed by atoms with Crippen molar-refractivity contribution in [2.75, 3.05) is 5.32 Å². The molecule has 0 atom stereocenters. The summed E-state index contributed by atoms with van der Waals surface area (Å²) in [4.78, 5) is 11.0. The third-order valence-electron chi connectivity index (χ3n) is 1.70. The minimum atomic E-state index is -4.37. The fourth-order valence-electron chi connectivity index (χ4n) is 1.00. The molecule has 0 saturated heterocycles. The minimum absolute atomic E-state index is 0.271. The van der Waals surface area contributed by atoms with Crippen molar-refractivity contribution in [2.45, 2.75) is 6.18 Å². The molecule has 6 heteroatoms. The Morgan fingerprint density at radius 2 is 1.81 bits per heavy atom. The van der Waals surface area contributed by atoms with Crippen LogP contribution >= 0.6 is 0 Å². The van der Waals surface area contributed by atoms with E-state index in [1.54, 1.807) is 0 Å². The van der Waals surface area contributed by atoms with Gasteiger partial charge >= 0.3 is 12.2 Å². The van der Waals surface area contributed by atoms with E-state index < -0.39 is 17.8 Å². The summed E-state index contributed by atoms with van der Waals surface area (Å²) >= 11 is 0. The number of nitrogens with one attached hydrogen (secondary N) is 2. The van der Waals surface area contributed by atoms with E-state index in [1.807, 2.05) is 0 Å². The highest BCUT2D eigenvalue weighted by molar-refractivity contribution is 5.89. The number of hydrogen-bond donors (Lipinski definition) is 2. The predicted octanol–water partition coefficient (Wildman–Crippen LogP) is 2.97. The zero-order chi connectivity index (χ0) is 12.2. The lowest BCUT2D eigenvalue weighted by atomic mass is 10.2. The molecule has 0 spiro atoms. The molecule has 0 aromatic heterocycles. The molecule has 2 N–H and O–H groups in total. The molecule has 86 valence electrons. The fourth-order valence-corrected chi connectivity index (χ4v) is 1.00. The predicted molar refractivity (Wildman–Crippen MR) is 53.8 cm³/mol. The molecule has 0 aliphatic carbocycles. The summed E-state index contributed by atoms with van der Waals surface area (Å²) in [5, 5.41) is 4.56. The summed E-state index contributed by atoms with van der Waals surface area (Å²) in [6.07, 6.45) is -3.21. The first kappa shape index (κ1) is 12.1. The number of urea groups is 1. The fraction of sp³-hybridized carbons (Fsp3) is 0.100. The van der Waals surface area contributed by atoms with Crippen molar-refractivity contribution in [1.82, 2.24) is 5.32 Å². The molecule has 0 aliphatic rings. The quantitative estimate of drug-likeness (QED) is 0.805. The molecule has 0 radical (unpaired) electrons. The first-order valence-corrected chi connectivity index (χ1v) is 4.29. The summed E-state index contributed by atoms with van der Waals surface area (Å²) in [6.45, 7) is 3.27. The van der Waals surface area contributed by atoms with Gasteiger partial charge < -0.3 is 10.6 Å². The van der Waals surface area contributed by atoms with Crippen LogP contribution < -0.4 is 10.6 Å². The van der Waals surface area contributed by atoms with E-state index in [9.17, 15) is 18.0 Å². The Morgan fingerprint density at radius 1 is 1.25 bits per heavy atom. The van der Waals surface area contributed by atoms with Crippen molar-refractivity contribution in [3.63, 3.8) is 0 Å². The molecule has 2 amide bonds. The van der Waals surface area contributed by atoms with Crippen molar-refractivity contribution < 1.29 is 18.0 Å². The average Bonchev–Trinajstić information content (AvgIpc) is 2.17. The molecule has 0 unspecified atom stereocenters. The van der Waals surface area contributed by atoms with Crippen LogP contribution in [0.5, 0.6) is 0 Å². The van der Waals surface area contributed by atoms with Gasteiger partial charge in [-0.25, -0.2) is 4.79 Å². The van der Waals surface area contributed by atoms with Crippen LogP contribution in [0.15, 0.2) is 37.0 Å². The number of carbonyl (C=O) groups is 1. The molecule has 1 rings (SSSR count). The minimum Gasteiger partial charge on any atom is -0.315 e. The largest absolute Gasteiger partial charge is 0.416 e. The van der Waals surface area contributed by atoms with Crippen LogP contribution in [-0.2, 0) is 6.18 Å². The Kier molecular flexibility index (Phi) is 3.55. The van der Waals surface area contributed by atoms with Gasteiger partial charge in [0.2, 0.25) is 0 Å². The van der Waals surface area contributed by atoms with Crippen molar-refractivity contribution in [3.8, 4) is 0 Å². The highest BCUT2D eigenvalue weighted by Gasteiger charge is 2.29. The van der Waals surface area contributed by atoms with Gasteiger partial charge in [0.15, 0.2) is 0 Å². The lowest BCUT2D eigenvalue weighted by molar-refractivity contribution is -0.137. The van der Waals surface area contributed by atoms with E-state index in [2.05, 4.69) is 17.2 Å². The zero-order valence-electron chi connectivity index (χ0n) is 8.14. The number of alkyl halides is 3. The van der Waals surface area contributed by atoms with Crippen LogP contribution in [0.1, 0.15) is 5.56 Å². The monoisotopic (exact) mass is 230 g/mol. The number of halogens is 3. The van der Waals surface area contributed by atoms with Gasteiger partial charge in [0.1, 0.15) is 0 Å². The van der Waals surface area contributed by atoms with E-state index in [-0.39, 0.29) is 5.69 Å². The second kappa shape index (κ2) is 4.69. The molecule has 1 aromatic carbocycles. The lowest BCUT2D eigenvalue weighted by Gasteiger charge is -2.08. The molecule has 16 heavy (non-hydrogen) atoms. The van der Waals surface area contributed by atoms with E-state index in [4.69, 9.17) is 0 Å². The third kappa shape index (κ3) is 3.30. The van der Waals surface area contributed by atoms with Gasteiger partial charge in [-0.3, -0.25) is 0 Å². The van der Waals surface area contributed by atoms with E-state index in [1.165, 1.54) is 18.3 Å². The van der Waals surface area contributed by atoms with Crippen LogP contribution in [-0.4, -0.2) is 6.03 Å². The van der Waals surface area contributed by atoms with Gasteiger partial charge in [0.25, 0.3) is 0 Å². The molecule has 1 aromatic rings. The second-order valence-electron chi connectivity index (χ2n) is 2.88. The number of benzene rings is 1. The van der Waals surface area contributed by atoms with Crippen LogP contribution in [0.3, 0.4) is 0 Å². The number of amides is 2. The van der Waals surface area contributed by atoms with Gasteiger partial charge in [-0.1, -0.05) is 6.58 Å². The maximum absolute atomic E-state index is 12.2. The standard InChI is InChI=1S/C10H9F3N2O/c1-2-14-9(16)15-8-5-3-7(4-6-8)10(11,12)13/h2-6H,1H2,(H2,14,15,16). The van der Waals surface area contributed by atoms with Gasteiger partial charge in [-0.15, -0.1) is 0 Å².